The Morgan fingerprint density at radius 2 is 1.86 bits per heavy atom. The van der Waals surface area contributed by atoms with Crippen molar-refractivity contribution in [1.82, 2.24) is 9.71 Å². The predicted octanol–water partition coefficient (Wildman–Crippen LogP) is 4.51. The first-order valence-electron chi connectivity index (χ1n) is 11.4. The number of hydrogen-bond acceptors (Lipinski definition) is 6. The highest BCUT2D eigenvalue weighted by atomic mass is 35.5. The monoisotopic (exact) mass is 547 g/mol. The number of nitrogens with one attached hydrogen (secondary N) is 1. The van der Waals surface area contributed by atoms with E-state index in [4.69, 9.17) is 16.3 Å². The molecule has 13 heteroatoms. The summed E-state index contributed by atoms with van der Waals surface area (Å²) in [5.41, 5.74) is -0.666. The Morgan fingerprint density at radius 3 is 2.47 bits per heavy atom. The zero-order valence-corrected chi connectivity index (χ0v) is 20.4. The van der Waals surface area contributed by atoms with Gasteiger partial charge < -0.3 is 9.64 Å². The largest absolute Gasteiger partial charge is 0.493 e. The first kappa shape index (κ1) is 25.1. The molecule has 1 saturated heterocycles. The minimum absolute atomic E-state index is 0.0291. The zero-order valence-electron chi connectivity index (χ0n) is 18.8. The minimum atomic E-state index is -4.59. The van der Waals surface area contributed by atoms with Crippen LogP contribution in [0.3, 0.4) is 0 Å². The van der Waals surface area contributed by atoms with Crippen molar-refractivity contribution in [3.63, 3.8) is 0 Å². The summed E-state index contributed by atoms with van der Waals surface area (Å²) in [5, 5.41) is -1.08. The molecule has 1 N–H and O–H groups in total. The van der Waals surface area contributed by atoms with Crippen LogP contribution in [0.15, 0.2) is 24.4 Å². The molecular weight excluding hydrogens is 526 g/mol. The maximum Gasteiger partial charge on any atom is 0.418 e. The lowest BCUT2D eigenvalue weighted by atomic mass is 10.0. The van der Waals surface area contributed by atoms with E-state index in [0.29, 0.717) is 31.5 Å². The molecule has 36 heavy (non-hydrogen) atoms. The fraction of sp³-hybridized carbons (Fsp3) is 0.478. The van der Waals surface area contributed by atoms with Gasteiger partial charge in [0, 0.05) is 31.3 Å². The number of carbonyl (C=O) groups is 1. The molecule has 1 aliphatic heterocycles. The van der Waals surface area contributed by atoms with Gasteiger partial charge in [-0.1, -0.05) is 11.6 Å². The average Bonchev–Trinajstić information content (AvgIpc) is 3.65. The van der Waals surface area contributed by atoms with Gasteiger partial charge in [0.2, 0.25) is 10.0 Å². The lowest BCUT2D eigenvalue weighted by Crippen LogP contribution is -2.49. The maximum atomic E-state index is 14.8. The third kappa shape index (κ3) is 5.24. The molecule has 194 valence electrons. The summed E-state index contributed by atoms with van der Waals surface area (Å²) in [4.78, 5) is 18.1. The number of halogens is 5. The predicted molar refractivity (Wildman–Crippen MR) is 123 cm³/mol. The summed E-state index contributed by atoms with van der Waals surface area (Å²) < 4.78 is 86.0. The molecule has 3 aliphatic rings. The Hall–Kier alpha value is -2.60. The van der Waals surface area contributed by atoms with Crippen LogP contribution in [0.1, 0.15) is 53.1 Å². The van der Waals surface area contributed by atoms with E-state index < -0.39 is 43.8 Å². The molecule has 3 fully saturated rings. The summed E-state index contributed by atoms with van der Waals surface area (Å²) in [6, 6.07) is 3.36. The van der Waals surface area contributed by atoms with Gasteiger partial charge in [-0.3, -0.25) is 4.79 Å². The quantitative estimate of drug-likeness (QED) is 0.489. The van der Waals surface area contributed by atoms with Crippen molar-refractivity contribution in [3.8, 4) is 5.75 Å². The third-order valence-corrected chi connectivity index (χ3v) is 8.58. The molecule has 2 saturated carbocycles. The van der Waals surface area contributed by atoms with E-state index in [0.717, 1.165) is 31.2 Å². The first-order valence-corrected chi connectivity index (χ1v) is 13.3. The SMILES string of the molecule is O=C(NS(=O)(=O)C1CC1)c1cc(C2CC2)c(OCC2CN(c3cc(C(F)(F)F)c(Cl)cn3)C2)cc1F. The highest BCUT2D eigenvalue weighted by Gasteiger charge is 2.38. The van der Waals surface area contributed by atoms with Gasteiger partial charge in [0.1, 0.15) is 17.4 Å². The van der Waals surface area contributed by atoms with Crippen molar-refractivity contribution in [2.24, 2.45) is 5.92 Å². The Bertz CT molecular complexity index is 1310. The standard InChI is InChI=1S/C23H22ClF4N3O4S/c24-18-8-29-21(6-17(18)23(26,27)28)31-9-12(10-31)11-35-20-7-19(25)16(5-15(20)13-1-2-13)22(32)30-36(33,34)14-3-4-14/h5-8,12-14H,1-4,9-11H2,(H,30,32). The highest BCUT2D eigenvalue weighted by molar-refractivity contribution is 7.91. The molecule has 0 spiro atoms. The first-order chi connectivity index (χ1) is 16.9. The van der Waals surface area contributed by atoms with E-state index in [1.165, 1.54) is 6.07 Å². The van der Waals surface area contributed by atoms with Crippen molar-refractivity contribution in [3.05, 3.63) is 51.9 Å². The second kappa shape index (κ2) is 9.05. The van der Waals surface area contributed by atoms with Crippen molar-refractivity contribution in [2.45, 2.75) is 43.0 Å². The van der Waals surface area contributed by atoms with E-state index in [1.54, 1.807) is 4.90 Å². The molecule has 0 atom stereocenters. The molecule has 1 aromatic heterocycles. The van der Waals surface area contributed by atoms with E-state index in [2.05, 4.69) is 4.98 Å². The normalized spacial score (nSPS) is 18.6. The van der Waals surface area contributed by atoms with Crippen LogP contribution in [0.25, 0.3) is 0 Å². The molecule has 1 aromatic carbocycles. The fourth-order valence-corrected chi connectivity index (χ4v) is 5.62. The third-order valence-electron chi connectivity index (χ3n) is 6.46. The minimum Gasteiger partial charge on any atom is -0.493 e. The van der Waals surface area contributed by atoms with Gasteiger partial charge in [-0.25, -0.2) is 22.5 Å². The number of benzene rings is 1. The fourth-order valence-electron chi connectivity index (χ4n) is 4.12. The second-order valence-electron chi connectivity index (χ2n) is 9.42. The summed E-state index contributed by atoms with van der Waals surface area (Å²) in [7, 11) is -3.81. The van der Waals surface area contributed by atoms with Gasteiger partial charge in [0.05, 0.1) is 28.0 Å². The molecule has 5 rings (SSSR count). The van der Waals surface area contributed by atoms with Gasteiger partial charge in [-0.15, -0.1) is 0 Å². The molecule has 0 unspecified atom stereocenters. The number of sulfonamides is 1. The summed E-state index contributed by atoms with van der Waals surface area (Å²) in [5.74, 6) is -1.40. The number of amides is 1. The summed E-state index contributed by atoms with van der Waals surface area (Å²) in [6.07, 6.45) is -0.990. The van der Waals surface area contributed by atoms with Crippen molar-refractivity contribution in [2.75, 3.05) is 24.6 Å². The van der Waals surface area contributed by atoms with Crippen molar-refractivity contribution >= 4 is 33.3 Å². The van der Waals surface area contributed by atoms with Crippen molar-refractivity contribution < 1.29 is 35.5 Å². The molecule has 0 bridgehead atoms. The van der Waals surface area contributed by atoms with Crippen LogP contribution >= 0.6 is 11.6 Å². The van der Waals surface area contributed by atoms with Gasteiger partial charge in [-0.05, 0) is 49.3 Å². The zero-order chi connectivity index (χ0) is 25.8. The summed E-state index contributed by atoms with van der Waals surface area (Å²) in [6.45, 7) is 0.982. The van der Waals surface area contributed by atoms with Crippen LogP contribution in [-0.2, 0) is 16.2 Å². The number of alkyl halides is 3. The van der Waals surface area contributed by atoms with Crippen LogP contribution in [0.4, 0.5) is 23.4 Å². The number of ether oxygens (including phenoxy) is 1. The number of carbonyl (C=O) groups excluding carboxylic acids is 1. The van der Waals surface area contributed by atoms with E-state index in [1.807, 2.05) is 4.72 Å². The molecule has 1 amide bonds. The number of nitrogens with zero attached hydrogens (tertiary/aromatic N) is 2. The van der Waals surface area contributed by atoms with Crippen LogP contribution in [0, 0.1) is 11.7 Å². The van der Waals surface area contributed by atoms with E-state index >= 15 is 0 Å². The molecule has 7 nitrogen and oxygen atoms in total. The molecule has 2 heterocycles. The number of hydrogen-bond donors (Lipinski definition) is 1. The number of aromatic nitrogens is 1. The Morgan fingerprint density at radius 1 is 1.17 bits per heavy atom. The number of pyridine rings is 1. The smallest absolute Gasteiger partial charge is 0.418 e. The van der Waals surface area contributed by atoms with Crippen LogP contribution < -0.4 is 14.4 Å². The highest BCUT2D eigenvalue weighted by Crippen LogP contribution is 2.45. The Kier molecular flexibility index (Phi) is 6.30. The number of rotatable bonds is 8. The molecule has 2 aliphatic carbocycles. The number of anilines is 1. The Balaban J connectivity index is 1.23. The topological polar surface area (TPSA) is 88.6 Å². The van der Waals surface area contributed by atoms with Gasteiger partial charge in [0.15, 0.2) is 0 Å². The van der Waals surface area contributed by atoms with Crippen LogP contribution in [0.5, 0.6) is 5.75 Å². The lowest BCUT2D eigenvalue weighted by molar-refractivity contribution is -0.137. The molecule has 0 radical (unpaired) electrons. The maximum absolute atomic E-state index is 14.8. The Labute approximate surface area is 209 Å². The van der Waals surface area contributed by atoms with Gasteiger partial charge in [0.25, 0.3) is 5.91 Å². The second-order valence-corrected chi connectivity index (χ2v) is 11.8. The molecule has 2 aromatic rings. The molecular formula is C23H22ClF4N3O4S. The van der Waals surface area contributed by atoms with Gasteiger partial charge in [-0.2, -0.15) is 13.2 Å². The van der Waals surface area contributed by atoms with Gasteiger partial charge >= 0.3 is 6.18 Å². The van der Waals surface area contributed by atoms with Crippen LogP contribution in [0.2, 0.25) is 5.02 Å². The summed E-state index contributed by atoms with van der Waals surface area (Å²) >= 11 is 5.62. The average molecular weight is 548 g/mol. The lowest BCUT2D eigenvalue weighted by Gasteiger charge is -2.40. The van der Waals surface area contributed by atoms with E-state index in [9.17, 15) is 30.8 Å². The van der Waals surface area contributed by atoms with E-state index in [-0.39, 0.29) is 35.6 Å². The van der Waals surface area contributed by atoms with Crippen LogP contribution in [-0.4, -0.2) is 44.3 Å². The van der Waals surface area contributed by atoms with Crippen molar-refractivity contribution in [1.29, 1.82) is 0 Å².